The number of aryl methyl sites for hydroxylation is 3. The third-order valence-electron chi connectivity index (χ3n) is 5.94. The van der Waals surface area contributed by atoms with Crippen LogP contribution >= 0.6 is 11.3 Å². The molecule has 5 nitrogen and oxygen atoms in total. The number of carbonyl (C=O) groups is 1. The van der Waals surface area contributed by atoms with Crippen LogP contribution in [0.1, 0.15) is 55.4 Å². The monoisotopic (exact) mass is 373 g/mol. The maximum Gasteiger partial charge on any atom is 0.262 e. The van der Waals surface area contributed by atoms with Crippen molar-refractivity contribution in [2.45, 2.75) is 64.3 Å². The van der Waals surface area contributed by atoms with Gasteiger partial charge < -0.3 is 4.90 Å². The van der Waals surface area contributed by atoms with E-state index >= 15 is 0 Å². The minimum absolute atomic E-state index is 0.0284. The van der Waals surface area contributed by atoms with E-state index in [9.17, 15) is 9.59 Å². The fraction of sp³-hybridized carbons (Fsp3) is 0.650. The van der Waals surface area contributed by atoms with E-state index in [-0.39, 0.29) is 11.5 Å². The SMILES string of the molecule is CN(CC1CCCC1)C(=O)CCn1cnc2sc3c(c2c1=O)CCCC3. The van der Waals surface area contributed by atoms with Crippen LogP contribution in [0.5, 0.6) is 0 Å². The smallest absolute Gasteiger partial charge is 0.262 e. The summed E-state index contributed by atoms with van der Waals surface area (Å²) in [6, 6.07) is 0. The zero-order valence-corrected chi connectivity index (χ0v) is 16.3. The first-order chi connectivity index (χ1) is 12.6. The zero-order chi connectivity index (χ0) is 18.1. The standard InChI is InChI=1S/C20H27N3O2S/c1-22(12-14-6-2-3-7-14)17(24)10-11-23-13-21-19-18(20(23)25)15-8-4-5-9-16(15)26-19/h13-14H,2-12H2,1H3. The summed E-state index contributed by atoms with van der Waals surface area (Å²) in [4.78, 5) is 33.9. The van der Waals surface area contributed by atoms with Crippen LogP contribution in [0.25, 0.3) is 10.2 Å². The number of carbonyl (C=O) groups excluding carboxylic acids is 1. The molecular formula is C20H27N3O2S. The van der Waals surface area contributed by atoms with Gasteiger partial charge in [0.1, 0.15) is 4.83 Å². The van der Waals surface area contributed by atoms with Crippen molar-refractivity contribution in [2.75, 3.05) is 13.6 Å². The van der Waals surface area contributed by atoms with Crippen molar-refractivity contribution in [1.29, 1.82) is 0 Å². The molecule has 140 valence electrons. The van der Waals surface area contributed by atoms with Crippen molar-refractivity contribution in [2.24, 2.45) is 5.92 Å². The number of rotatable bonds is 5. The quantitative estimate of drug-likeness (QED) is 0.807. The van der Waals surface area contributed by atoms with E-state index in [0.717, 1.165) is 36.0 Å². The summed E-state index contributed by atoms with van der Waals surface area (Å²) in [6.45, 7) is 1.27. The highest BCUT2D eigenvalue weighted by Crippen LogP contribution is 2.33. The Bertz CT molecular complexity index is 864. The van der Waals surface area contributed by atoms with Gasteiger partial charge in [0.15, 0.2) is 0 Å². The van der Waals surface area contributed by atoms with E-state index in [2.05, 4.69) is 4.98 Å². The van der Waals surface area contributed by atoms with Gasteiger partial charge in [0.25, 0.3) is 5.56 Å². The van der Waals surface area contributed by atoms with Crippen LogP contribution in [0.4, 0.5) is 0 Å². The molecule has 0 bridgehead atoms. The molecule has 2 aromatic rings. The molecule has 0 N–H and O–H groups in total. The molecule has 2 aliphatic carbocycles. The molecule has 1 saturated carbocycles. The normalized spacial score (nSPS) is 17.6. The van der Waals surface area contributed by atoms with Gasteiger partial charge in [0, 0.05) is 31.4 Å². The van der Waals surface area contributed by atoms with Crippen LogP contribution in [0, 0.1) is 5.92 Å². The summed E-state index contributed by atoms with van der Waals surface area (Å²) >= 11 is 1.67. The molecule has 0 atom stereocenters. The van der Waals surface area contributed by atoms with E-state index < -0.39 is 0 Å². The number of hydrogen-bond donors (Lipinski definition) is 0. The first-order valence-corrected chi connectivity index (χ1v) is 10.7. The second kappa shape index (κ2) is 7.51. The van der Waals surface area contributed by atoms with Gasteiger partial charge in [-0.05, 0) is 50.0 Å². The first kappa shape index (κ1) is 17.7. The summed E-state index contributed by atoms with van der Waals surface area (Å²) in [7, 11) is 1.89. The van der Waals surface area contributed by atoms with Crippen LogP contribution in [-0.2, 0) is 24.2 Å². The van der Waals surface area contributed by atoms with Gasteiger partial charge in [0.05, 0.1) is 11.7 Å². The molecule has 0 radical (unpaired) electrons. The Morgan fingerprint density at radius 1 is 1.27 bits per heavy atom. The molecule has 2 aromatic heterocycles. The second-order valence-electron chi connectivity index (χ2n) is 7.81. The van der Waals surface area contributed by atoms with Gasteiger partial charge in [-0.1, -0.05) is 12.8 Å². The van der Waals surface area contributed by atoms with Gasteiger partial charge in [-0.25, -0.2) is 4.98 Å². The molecule has 0 aromatic carbocycles. The van der Waals surface area contributed by atoms with Crippen molar-refractivity contribution in [1.82, 2.24) is 14.5 Å². The molecule has 1 fully saturated rings. The van der Waals surface area contributed by atoms with Crippen molar-refractivity contribution < 1.29 is 4.79 Å². The Morgan fingerprint density at radius 2 is 2.04 bits per heavy atom. The maximum atomic E-state index is 12.9. The van der Waals surface area contributed by atoms with Crippen molar-refractivity contribution in [3.05, 3.63) is 27.1 Å². The lowest BCUT2D eigenvalue weighted by atomic mass is 9.97. The van der Waals surface area contributed by atoms with Gasteiger partial charge in [-0.3, -0.25) is 14.2 Å². The number of amides is 1. The maximum absolute atomic E-state index is 12.9. The minimum Gasteiger partial charge on any atom is -0.345 e. The van der Waals surface area contributed by atoms with Crippen LogP contribution < -0.4 is 5.56 Å². The lowest BCUT2D eigenvalue weighted by Gasteiger charge is -2.21. The van der Waals surface area contributed by atoms with E-state index in [1.165, 1.54) is 42.5 Å². The third-order valence-corrected chi connectivity index (χ3v) is 7.14. The molecule has 0 saturated heterocycles. The molecular weight excluding hydrogens is 346 g/mol. The fourth-order valence-electron chi connectivity index (χ4n) is 4.43. The van der Waals surface area contributed by atoms with Gasteiger partial charge in [-0.2, -0.15) is 0 Å². The van der Waals surface area contributed by atoms with E-state index in [1.54, 1.807) is 22.2 Å². The number of fused-ring (bicyclic) bond motifs is 3. The van der Waals surface area contributed by atoms with E-state index in [4.69, 9.17) is 0 Å². The predicted octanol–water partition coefficient (Wildman–Crippen LogP) is 3.38. The number of nitrogens with zero attached hydrogens (tertiary/aromatic N) is 3. The Morgan fingerprint density at radius 3 is 2.85 bits per heavy atom. The molecule has 26 heavy (non-hydrogen) atoms. The largest absolute Gasteiger partial charge is 0.345 e. The van der Waals surface area contributed by atoms with Crippen LogP contribution in [0.2, 0.25) is 0 Å². The van der Waals surface area contributed by atoms with Crippen LogP contribution in [0.3, 0.4) is 0 Å². The van der Waals surface area contributed by atoms with Crippen molar-refractivity contribution in [3.8, 4) is 0 Å². The van der Waals surface area contributed by atoms with Gasteiger partial charge in [0.2, 0.25) is 5.91 Å². The molecule has 2 aliphatic rings. The number of thiophene rings is 1. The lowest BCUT2D eigenvalue weighted by Crippen LogP contribution is -2.32. The molecule has 0 aliphatic heterocycles. The highest BCUT2D eigenvalue weighted by Gasteiger charge is 2.21. The Balaban J connectivity index is 1.46. The van der Waals surface area contributed by atoms with Crippen LogP contribution in [-0.4, -0.2) is 34.0 Å². The summed E-state index contributed by atoms with van der Waals surface area (Å²) in [5, 5.41) is 0.805. The number of hydrogen-bond acceptors (Lipinski definition) is 4. The molecule has 4 rings (SSSR count). The van der Waals surface area contributed by atoms with Crippen LogP contribution in [0.15, 0.2) is 11.1 Å². The topological polar surface area (TPSA) is 55.2 Å². The zero-order valence-electron chi connectivity index (χ0n) is 15.5. The Hall–Kier alpha value is -1.69. The molecule has 0 spiro atoms. The average Bonchev–Trinajstić information content (AvgIpc) is 3.28. The second-order valence-corrected chi connectivity index (χ2v) is 8.89. The fourth-order valence-corrected chi connectivity index (χ4v) is 5.65. The minimum atomic E-state index is 0.0284. The summed E-state index contributed by atoms with van der Waals surface area (Å²) in [5.41, 5.74) is 1.24. The van der Waals surface area contributed by atoms with Gasteiger partial charge >= 0.3 is 0 Å². The average molecular weight is 374 g/mol. The van der Waals surface area contributed by atoms with E-state index in [0.29, 0.717) is 18.9 Å². The molecule has 6 heteroatoms. The van der Waals surface area contributed by atoms with Crippen molar-refractivity contribution in [3.63, 3.8) is 0 Å². The predicted molar refractivity (Wildman–Crippen MR) is 105 cm³/mol. The van der Waals surface area contributed by atoms with E-state index in [1.807, 2.05) is 11.9 Å². The van der Waals surface area contributed by atoms with Gasteiger partial charge in [-0.15, -0.1) is 11.3 Å². The summed E-state index contributed by atoms with van der Waals surface area (Å²) in [6.07, 6.45) is 11.5. The number of aromatic nitrogens is 2. The highest BCUT2D eigenvalue weighted by molar-refractivity contribution is 7.18. The highest BCUT2D eigenvalue weighted by atomic mass is 32.1. The molecule has 2 heterocycles. The Kier molecular flexibility index (Phi) is 5.11. The van der Waals surface area contributed by atoms with Crippen molar-refractivity contribution >= 4 is 27.5 Å². The summed E-state index contributed by atoms with van der Waals surface area (Å²) < 4.78 is 1.63. The first-order valence-electron chi connectivity index (χ1n) is 9.87. The summed E-state index contributed by atoms with van der Waals surface area (Å²) in [5.74, 6) is 0.776. The third kappa shape index (κ3) is 3.43. The lowest BCUT2D eigenvalue weighted by molar-refractivity contribution is -0.130. The molecule has 0 unspecified atom stereocenters. The molecule has 1 amide bonds. The Labute approximate surface area is 158 Å².